The van der Waals surface area contributed by atoms with E-state index < -0.39 is 34.8 Å². The van der Waals surface area contributed by atoms with Gasteiger partial charge in [-0.1, -0.05) is 46.2 Å². The number of fused-ring (bicyclic) bond motifs is 1. The number of hydrogen-bond donors (Lipinski definition) is 3. The van der Waals surface area contributed by atoms with Crippen molar-refractivity contribution < 1.29 is 19.1 Å². The number of carbonyl (C=O) groups is 2. The summed E-state index contributed by atoms with van der Waals surface area (Å²) in [6.07, 6.45) is 0. The maximum Gasteiger partial charge on any atom is 0.326 e. The van der Waals surface area contributed by atoms with Gasteiger partial charge in [-0.3, -0.25) is 14.4 Å². The van der Waals surface area contributed by atoms with E-state index in [0.29, 0.717) is 16.3 Å². The van der Waals surface area contributed by atoms with Crippen LogP contribution in [0.5, 0.6) is 0 Å². The maximum absolute atomic E-state index is 13.4. The average Bonchev–Trinajstić information content (AvgIpc) is 3.37. The minimum absolute atomic E-state index is 0.0249. The number of nitrogens with zero attached hydrogens (tertiary/aromatic N) is 1. The van der Waals surface area contributed by atoms with Crippen LogP contribution in [0.1, 0.15) is 68.1 Å². The second-order valence-electron chi connectivity index (χ2n) is 10.8. The number of carbonyl (C=O) groups excluding carboxylic acids is 1. The molecule has 37 heavy (non-hydrogen) atoms. The van der Waals surface area contributed by atoms with E-state index in [2.05, 4.69) is 10.6 Å². The molecule has 0 spiro atoms. The van der Waals surface area contributed by atoms with Crippen molar-refractivity contribution >= 4 is 40.5 Å². The third-order valence-electron chi connectivity index (χ3n) is 6.65. The number of halogens is 1. The summed E-state index contributed by atoms with van der Waals surface area (Å²) in [4.78, 5) is 51.8. The summed E-state index contributed by atoms with van der Waals surface area (Å²) in [6, 6.07) is 5.31. The lowest BCUT2D eigenvalue weighted by atomic mass is 9.85. The molecular formula is C27H30ClN3O6. The van der Waals surface area contributed by atoms with Crippen LogP contribution < -0.4 is 21.5 Å². The normalized spacial score (nSPS) is 15.2. The topological polar surface area (TPSA) is 129 Å². The quantitative estimate of drug-likeness (QED) is 0.355. The zero-order valence-electron chi connectivity index (χ0n) is 21.6. The average molecular weight is 528 g/mol. The molecule has 196 valence electrons. The highest BCUT2D eigenvalue weighted by atomic mass is 35.5. The molecule has 1 aliphatic heterocycles. The molecule has 3 aromatic rings. The first-order chi connectivity index (χ1) is 17.2. The number of rotatable bonds is 8. The predicted molar refractivity (Wildman–Crippen MR) is 141 cm³/mol. The number of carboxylic acids is 1. The fraction of sp³-hybridized carbons (Fsp3) is 0.407. The van der Waals surface area contributed by atoms with E-state index in [9.17, 15) is 24.3 Å². The molecular weight excluding hydrogens is 498 g/mol. The first-order valence-electron chi connectivity index (χ1n) is 12.0. The minimum atomic E-state index is -1.11. The first-order valence-corrected chi connectivity index (χ1v) is 12.4. The van der Waals surface area contributed by atoms with E-state index in [-0.39, 0.29) is 40.5 Å². The number of furan rings is 1. The number of anilines is 3. The minimum Gasteiger partial charge on any atom is -0.480 e. The van der Waals surface area contributed by atoms with E-state index in [1.54, 1.807) is 26.0 Å². The molecule has 0 fully saturated rings. The number of amides is 1. The van der Waals surface area contributed by atoms with Gasteiger partial charge in [0.25, 0.3) is 16.8 Å². The summed E-state index contributed by atoms with van der Waals surface area (Å²) in [5.41, 5.74) is -0.722. The molecule has 0 aliphatic carbocycles. The van der Waals surface area contributed by atoms with E-state index in [0.717, 1.165) is 5.76 Å². The Bertz CT molecular complexity index is 1460. The van der Waals surface area contributed by atoms with Crippen molar-refractivity contribution in [3.63, 3.8) is 0 Å². The van der Waals surface area contributed by atoms with E-state index in [1.807, 2.05) is 39.8 Å². The molecule has 2 aromatic carbocycles. The Morgan fingerprint density at radius 3 is 2.27 bits per heavy atom. The summed E-state index contributed by atoms with van der Waals surface area (Å²) >= 11 is 6.38. The van der Waals surface area contributed by atoms with Crippen molar-refractivity contribution in [2.45, 2.75) is 60.2 Å². The van der Waals surface area contributed by atoms with Crippen LogP contribution in [0.25, 0.3) is 0 Å². The van der Waals surface area contributed by atoms with E-state index in [4.69, 9.17) is 16.0 Å². The van der Waals surface area contributed by atoms with Crippen molar-refractivity contribution in [3.05, 3.63) is 72.4 Å². The highest BCUT2D eigenvalue weighted by Gasteiger charge is 2.41. The Morgan fingerprint density at radius 2 is 1.73 bits per heavy atom. The Balaban J connectivity index is 1.71. The van der Waals surface area contributed by atoms with Gasteiger partial charge in [-0.15, -0.1) is 0 Å². The largest absolute Gasteiger partial charge is 0.480 e. The molecule has 2 atom stereocenters. The summed E-state index contributed by atoms with van der Waals surface area (Å²) in [6.45, 7) is 11.2. The lowest BCUT2D eigenvalue weighted by Gasteiger charge is -2.31. The molecule has 1 amide bonds. The molecule has 1 aliphatic rings. The SMILES string of the molecule is Cc1ccc([C@H](Nc2c(Nc3ccc(Cl)c4c3C(=O)N(C(C(=O)O)C(C)C)C4)c(=O)c2=O)C(C)(C)C)o1. The monoisotopic (exact) mass is 527 g/mol. The van der Waals surface area contributed by atoms with Gasteiger partial charge in [0.15, 0.2) is 0 Å². The van der Waals surface area contributed by atoms with Gasteiger partial charge in [0.1, 0.15) is 28.9 Å². The number of benzene rings is 1. The third kappa shape index (κ3) is 4.64. The van der Waals surface area contributed by atoms with Gasteiger partial charge in [0.2, 0.25) is 0 Å². The smallest absolute Gasteiger partial charge is 0.326 e. The Labute approximate surface area is 219 Å². The van der Waals surface area contributed by atoms with Gasteiger partial charge in [-0.25, -0.2) is 4.79 Å². The number of carboxylic acid groups (broad SMARTS) is 1. The second-order valence-corrected chi connectivity index (χ2v) is 11.2. The number of aliphatic carboxylic acids is 1. The molecule has 1 unspecified atom stereocenters. The lowest BCUT2D eigenvalue weighted by molar-refractivity contribution is -0.144. The van der Waals surface area contributed by atoms with Crippen molar-refractivity contribution in [1.82, 2.24) is 4.90 Å². The van der Waals surface area contributed by atoms with Crippen molar-refractivity contribution in [2.24, 2.45) is 11.3 Å². The highest BCUT2D eigenvalue weighted by Crippen LogP contribution is 2.40. The number of hydrogen-bond acceptors (Lipinski definition) is 7. The number of nitrogens with one attached hydrogen (secondary N) is 2. The van der Waals surface area contributed by atoms with Crippen LogP contribution in [0.3, 0.4) is 0 Å². The molecule has 10 heteroatoms. The number of aryl methyl sites for hydroxylation is 1. The summed E-state index contributed by atoms with van der Waals surface area (Å²) in [5, 5.41) is 16.2. The molecule has 2 heterocycles. The first kappa shape index (κ1) is 26.5. The molecule has 0 saturated carbocycles. The molecule has 0 saturated heterocycles. The lowest BCUT2D eigenvalue weighted by Crippen LogP contribution is -2.44. The summed E-state index contributed by atoms with van der Waals surface area (Å²) in [5.74, 6) is -0.620. The van der Waals surface area contributed by atoms with Crippen LogP contribution in [0.4, 0.5) is 17.1 Å². The Morgan fingerprint density at radius 1 is 1.08 bits per heavy atom. The predicted octanol–water partition coefficient (Wildman–Crippen LogP) is 4.85. The van der Waals surface area contributed by atoms with Gasteiger partial charge in [0.05, 0.1) is 17.3 Å². The van der Waals surface area contributed by atoms with Gasteiger partial charge in [-0.2, -0.15) is 0 Å². The van der Waals surface area contributed by atoms with Crippen LogP contribution in [-0.2, 0) is 11.3 Å². The van der Waals surface area contributed by atoms with Crippen LogP contribution in [0.15, 0.2) is 38.3 Å². The van der Waals surface area contributed by atoms with Crippen LogP contribution in [-0.4, -0.2) is 27.9 Å². The van der Waals surface area contributed by atoms with Gasteiger partial charge < -0.3 is 25.1 Å². The molecule has 0 bridgehead atoms. The second kappa shape index (κ2) is 9.37. The Hall–Kier alpha value is -3.59. The van der Waals surface area contributed by atoms with Gasteiger partial charge in [-0.05, 0) is 42.5 Å². The van der Waals surface area contributed by atoms with Crippen LogP contribution in [0, 0.1) is 18.3 Å². The van der Waals surface area contributed by atoms with Gasteiger partial charge in [0, 0.05) is 17.1 Å². The van der Waals surface area contributed by atoms with E-state index in [1.165, 1.54) is 4.90 Å². The van der Waals surface area contributed by atoms with E-state index >= 15 is 0 Å². The molecule has 9 nitrogen and oxygen atoms in total. The van der Waals surface area contributed by atoms with Gasteiger partial charge >= 0.3 is 5.97 Å². The standard InChI is InChI=1S/C27H30ClN3O6/c1-12(2)21(26(35)36)31-11-14-15(28)8-9-16(18(14)25(31)34)29-19-20(23(33)22(19)32)30-24(27(4,5)6)17-10-7-13(3)37-17/h7-10,12,21,24,29-30H,11H2,1-6H3,(H,35,36)/t21?,24-/m0/s1. The summed E-state index contributed by atoms with van der Waals surface area (Å²) < 4.78 is 5.80. The fourth-order valence-electron chi connectivity index (χ4n) is 4.76. The Kier molecular flexibility index (Phi) is 6.71. The van der Waals surface area contributed by atoms with Crippen LogP contribution in [0.2, 0.25) is 5.02 Å². The highest BCUT2D eigenvalue weighted by molar-refractivity contribution is 6.32. The van der Waals surface area contributed by atoms with Crippen LogP contribution >= 0.6 is 11.6 Å². The zero-order chi connectivity index (χ0) is 27.4. The molecule has 3 N–H and O–H groups in total. The fourth-order valence-corrected chi connectivity index (χ4v) is 4.98. The zero-order valence-corrected chi connectivity index (χ0v) is 22.3. The summed E-state index contributed by atoms with van der Waals surface area (Å²) in [7, 11) is 0. The van der Waals surface area contributed by atoms with Crippen molar-refractivity contribution in [1.29, 1.82) is 0 Å². The molecule has 4 rings (SSSR count). The maximum atomic E-state index is 13.4. The van der Waals surface area contributed by atoms with Crippen molar-refractivity contribution in [3.8, 4) is 0 Å². The molecule has 0 radical (unpaired) electrons. The van der Waals surface area contributed by atoms with Crippen molar-refractivity contribution in [2.75, 3.05) is 10.6 Å². The third-order valence-corrected chi connectivity index (χ3v) is 7.00. The molecule has 1 aromatic heterocycles.